The lowest BCUT2D eigenvalue weighted by atomic mass is 10.1. The zero-order valence-corrected chi connectivity index (χ0v) is 17.4. The Labute approximate surface area is 183 Å². The molecule has 1 unspecified atom stereocenters. The van der Waals surface area contributed by atoms with Crippen molar-refractivity contribution in [3.05, 3.63) is 69.8 Å². The lowest BCUT2D eigenvalue weighted by Crippen LogP contribution is -2.23. The van der Waals surface area contributed by atoms with Gasteiger partial charge in [0.15, 0.2) is 0 Å². The van der Waals surface area contributed by atoms with Gasteiger partial charge in [-0.25, -0.2) is 9.18 Å². The third kappa shape index (κ3) is 3.72. The Balaban J connectivity index is 1.46. The van der Waals surface area contributed by atoms with Crippen LogP contribution < -0.4 is 16.1 Å². The number of aliphatic imine (C=N–C) groups is 1. The summed E-state index contributed by atoms with van der Waals surface area (Å²) in [6.07, 6.45) is 5.82. The molecule has 0 spiro atoms. The second-order valence-electron chi connectivity index (χ2n) is 8.47. The quantitative estimate of drug-likeness (QED) is 0.473. The first-order valence-electron chi connectivity index (χ1n) is 10.7. The van der Waals surface area contributed by atoms with E-state index in [0.717, 1.165) is 24.8 Å². The minimum Gasteiger partial charge on any atom is -0.477 e. The van der Waals surface area contributed by atoms with Crippen LogP contribution >= 0.6 is 0 Å². The maximum Gasteiger partial charge on any atom is 0.341 e. The monoisotopic (exact) mass is 434 g/mol. The van der Waals surface area contributed by atoms with E-state index in [0.29, 0.717) is 30.0 Å². The van der Waals surface area contributed by atoms with Gasteiger partial charge in [-0.2, -0.15) is 0 Å². The number of aromatic carboxylic acids is 1. The van der Waals surface area contributed by atoms with Crippen molar-refractivity contribution in [3.63, 3.8) is 0 Å². The number of carboxylic acids is 1. The Hall–Kier alpha value is -3.68. The van der Waals surface area contributed by atoms with Gasteiger partial charge in [-0.15, -0.1) is 0 Å². The number of fused-ring (bicyclic) bond motifs is 1. The van der Waals surface area contributed by atoms with E-state index < -0.39 is 17.2 Å². The van der Waals surface area contributed by atoms with Crippen LogP contribution in [0, 0.1) is 5.82 Å². The van der Waals surface area contributed by atoms with E-state index in [-0.39, 0.29) is 23.0 Å². The largest absolute Gasteiger partial charge is 0.477 e. The smallest absolute Gasteiger partial charge is 0.341 e. The average molecular weight is 434 g/mol. The Morgan fingerprint density at radius 3 is 2.62 bits per heavy atom. The van der Waals surface area contributed by atoms with Crippen LogP contribution in [-0.2, 0) is 0 Å². The summed E-state index contributed by atoms with van der Waals surface area (Å²) < 4.78 is 16.9. The van der Waals surface area contributed by atoms with Crippen molar-refractivity contribution in [2.45, 2.75) is 31.3 Å². The van der Waals surface area contributed by atoms with E-state index in [1.165, 1.54) is 12.3 Å². The number of pyridine rings is 1. The van der Waals surface area contributed by atoms with Gasteiger partial charge >= 0.3 is 5.97 Å². The third-order valence-electron chi connectivity index (χ3n) is 6.15. The molecule has 0 radical (unpaired) electrons. The number of benzene rings is 2. The molecule has 1 atom stereocenters. The number of hydrogen-bond donors (Lipinski definition) is 2. The van der Waals surface area contributed by atoms with E-state index in [1.807, 2.05) is 39.9 Å². The van der Waals surface area contributed by atoms with Gasteiger partial charge in [0.25, 0.3) is 0 Å². The first kappa shape index (κ1) is 20.2. The molecule has 2 fully saturated rings. The van der Waals surface area contributed by atoms with E-state index in [4.69, 9.17) is 5.73 Å². The summed E-state index contributed by atoms with van der Waals surface area (Å²) in [6, 6.07) is 10.5. The van der Waals surface area contributed by atoms with Gasteiger partial charge in [-0.1, -0.05) is 12.1 Å². The topological polar surface area (TPSA) is 101 Å². The molecule has 1 aliphatic carbocycles. The summed E-state index contributed by atoms with van der Waals surface area (Å²) >= 11 is 0. The van der Waals surface area contributed by atoms with Crippen LogP contribution in [0.4, 0.5) is 15.8 Å². The number of aromatic nitrogens is 1. The number of nitrogens with zero attached hydrogens (tertiary/aromatic N) is 3. The normalized spacial score (nSPS) is 18.7. The summed E-state index contributed by atoms with van der Waals surface area (Å²) in [6.45, 7) is 1.21. The lowest BCUT2D eigenvalue weighted by molar-refractivity contribution is 0.0695. The Morgan fingerprint density at radius 1 is 1.19 bits per heavy atom. The highest BCUT2D eigenvalue weighted by Crippen LogP contribution is 2.38. The predicted molar refractivity (Wildman–Crippen MR) is 122 cm³/mol. The van der Waals surface area contributed by atoms with Gasteiger partial charge in [0.05, 0.1) is 17.2 Å². The number of carbonyl (C=O) groups is 1. The molecule has 3 aromatic rings. The molecule has 1 saturated carbocycles. The summed E-state index contributed by atoms with van der Waals surface area (Å²) in [7, 11) is 0. The standard InChI is InChI=1S/C24H23FN4O3/c25-20-9-18-21(29(17-5-6-17)13-19(23(18)30)24(31)32)10-22(20)28-8-7-16(12-28)27-11-14-1-3-15(26)4-2-14/h1-4,9-11,13,16-17H,5-8,12,26H2,(H,31,32). The number of nitrogens with two attached hydrogens (primary N) is 1. The third-order valence-corrected chi connectivity index (χ3v) is 6.15. The fourth-order valence-corrected chi connectivity index (χ4v) is 4.26. The molecular weight excluding hydrogens is 411 g/mol. The Kier molecular flexibility index (Phi) is 4.92. The molecule has 3 N–H and O–H groups in total. The highest BCUT2D eigenvalue weighted by Gasteiger charge is 2.29. The predicted octanol–water partition coefficient (Wildman–Crippen LogP) is 3.45. The number of halogens is 1. The second-order valence-corrected chi connectivity index (χ2v) is 8.47. The van der Waals surface area contributed by atoms with Gasteiger partial charge in [-0.05, 0) is 49.1 Å². The first-order valence-corrected chi connectivity index (χ1v) is 10.7. The van der Waals surface area contributed by atoms with Crippen molar-refractivity contribution in [2.75, 3.05) is 23.7 Å². The molecule has 8 heteroatoms. The van der Waals surface area contributed by atoms with Gasteiger partial charge in [0.2, 0.25) is 5.43 Å². The molecule has 0 bridgehead atoms. The van der Waals surface area contributed by atoms with Crippen LogP contribution in [-0.4, -0.2) is 41.0 Å². The minimum atomic E-state index is -1.29. The fourth-order valence-electron chi connectivity index (χ4n) is 4.26. The Bertz CT molecular complexity index is 1300. The zero-order valence-electron chi connectivity index (χ0n) is 17.4. The molecule has 32 heavy (non-hydrogen) atoms. The molecule has 2 aliphatic rings. The molecule has 0 amide bonds. The van der Waals surface area contributed by atoms with Crippen molar-refractivity contribution < 1.29 is 14.3 Å². The zero-order chi connectivity index (χ0) is 22.4. The van der Waals surface area contributed by atoms with Crippen LogP contribution in [0.25, 0.3) is 10.9 Å². The number of nitrogen functional groups attached to an aromatic ring is 1. The molecule has 1 aliphatic heterocycles. The van der Waals surface area contributed by atoms with E-state index in [2.05, 4.69) is 4.99 Å². The van der Waals surface area contributed by atoms with Gasteiger partial charge < -0.3 is 20.3 Å². The molecule has 1 aromatic heterocycles. The van der Waals surface area contributed by atoms with Crippen molar-refractivity contribution in [1.29, 1.82) is 0 Å². The summed E-state index contributed by atoms with van der Waals surface area (Å²) in [5, 5.41) is 9.50. The molecule has 2 aromatic carbocycles. The molecular formula is C24H23FN4O3. The molecule has 164 valence electrons. The van der Waals surface area contributed by atoms with E-state index in [9.17, 15) is 14.7 Å². The lowest BCUT2D eigenvalue weighted by Gasteiger charge is -2.21. The van der Waals surface area contributed by atoms with Crippen molar-refractivity contribution in [2.24, 2.45) is 4.99 Å². The minimum absolute atomic E-state index is 0.0302. The number of rotatable bonds is 5. The highest BCUT2D eigenvalue weighted by molar-refractivity contribution is 5.93. The SMILES string of the molecule is Nc1ccc(C=NC2CCN(c3cc4c(cc3F)c(=O)c(C(=O)O)cn4C3CC3)C2)cc1. The maximum atomic E-state index is 15.1. The summed E-state index contributed by atoms with van der Waals surface area (Å²) in [4.78, 5) is 30.7. The van der Waals surface area contributed by atoms with Crippen LogP contribution in [0.15, 0.2) is 52.4 Å². The van der Waals surface area contributed by atoms with Gasteiger partial charge in [0.1, 0.15) is 11.4 Å². The van der Waals surface area contributed by atoms with Crippen LogP contribution in [0.1, 0.15) is 41.2 Å². The van der Waals surface area contributed by atoms with Crippen LogP contribution in [0.3, 0.4) is 0 Å². The number of carboxylic acid groups (broad SMARTS) is 1. The van der Waals surface area contributed by atoms with E-state index >= 15 is 4.39 Å². The van der Waals surface area contributed by atoms with Crippen LogP contribution in [0.5, 0.6) is 0 Å². The molecule has 2 heterocycles. The summed E-state index contributed by atoms with van der Waals surface area (Å²) in [5.41, 5.74) is 7.38. The molecule has 7 nitrogen and oxygen atoms in total. The van der Waals surface area contributed by atoms with Gasteiger partial charge in [-0.3, -0.25) is 9.79 Å². The van der Waals surface area contributed by atoms with Crippen LogP contribution in [0.2, 0.25) is 0 Å². The van der Waals surface area contributed by atoms with Crippen molar-refractivity contribution >= 4 is 34.5 Å². The highest BCUT2D eigenvalue weighted by atomic mass is 19.1. The Morgan fingerprint density at radius 2 is 1.94 bits per heavy atom. The number of hydrogen-bond acceptors (Lipinski definition) is 5. The number of anilines is 2. The molecule has 1 saturated heterocycles. The fraction of sp³-hybridized carbons (Fsp3) is 0.292. The first-order chi connectivity index (χ1) is 15.4. The van der Waals surface area contributed by atoms with Crippen molar-refractivity contribution in [1.82, 2.24) is 4.57 Å². The maximum absolute atomic E-state index is 15.1. The molecule has 5 rings (SSSR count). The van der Waals surface area contributed by atoms with Crippen molar-refractivity contribution in [3.8, 4) is 0 Å². The van der Waals surface area contributed by atoms with Gasteiger partial charge in [0, 0.05) is 42.6 Å². The second kappa shape index (κ2) is 7.78. The summed E-state index contributed by atoms with van der Waals surface area (Å²) in [5.74, 6) is -1.82. The van der Waals surface area contributed by atoms with E-state index in [1.54, 1.807) is 6.07 Å². The average Bonchev–Trinajstić information content (AvgIpc) is 3.51.